The average molecular weight is 558 g/mol. The number of anilines is 1. The molecule has 0 radical (unpaired) electrons. The van der Waals surface area contributed by atoms with E-state index in [1.54, 1.807) is 15.9 Å². The van der Waals surface area contributed by atoms with Gasteiger partial charge in [0.05, 0.1) is 10.6 Å². The minimum Gasteiger partial charge on any atom is -0.477 e. The zero-order chi connectivity index (χ0) is 28.4. The standard InChI is InChI=1S/C30H43N3O5S/c1-20-6-8-21(9-7-20)26(34)33(24-18-23(10-13-29(2,3)4)39-25(24)27(35)36)22-11-16-32(17-12-22)28(37)38-30(5)14-15-31-19-30/h18,20-22,31H,6-9,11-12,14-17,19H2,1-5H3,(H,35,36)/t20-,21-,30?. The lowest BCUT2D eigenvalue weighted by atomic mass is 9.82. The molecule has 3 aliphatic rings. The second kappa shape index (κ2) is 11.9. The molecule has 2 amide bonds. The van der Waals surface area contributed by atoms with E-state index in [0.29, 0.717) is 49.0 Å². The molecule has 1 aliphatic carbocycles. The summed E-state index contributed by atoms with van der Waals surface area (Å²) in [5, 5.41) is 13.4. The molecular weight excluding hydrogens is 514 g/mol. The molecule has 1 aromatic heterocycles. The molecule has 2 aliphatic heterocycles. The molecule has 1 unspecified atom stereocenters. The van der Waals surface area contributed by atoms with Gasteiger partial charge in [0, 0.05) is 43.4 Å². The predicted molar refractivity (Wildman–Crippen MR) is 153 cm³/mol. The lowest BCUT2D eigenvalue weighted by molar-refractivity contribution is -0.124. The Morgan fingerprint density at radius 1 is 1.15 bits per heavy atom. The van der Waals surface area contributed by atoms with Crippen LogP contribution in [0.4, 0.5) is 10.5 Å². The van der Waals surface area contributed by atoms with Crippen molar-refractivity contribution in [3.8, 4) is 11.8 Å². The zero-order valence-electron chi connectivity index (χ0n) is 24.0. The molecule has 3 heterocycles. The molecule has 214 valence electrons. The smallest absolute Gasteiger partial charge is 0.410 e. The Morgan fingerprint density at radius 3 is 2.38 bits per heavy atom. The second-order valence-electron chi connectivity index (χ2n) is 12.8. The van der Waals surface area contributed by atoms with Crippen molar-refractivity contribution < 1.29 is 24.2 Å². The maximum Gasteiger partial charge on any atom is 0.410 e. The van der Waals surface area contributed by atoms with Crippen LogP contribution in [0.3, 0.4) is 0 Å². The van der Waals surface area contributed by atoms with Crippen LogP contribution in [0.15, 0.2) is 6.07 Å². The summed E-state index contributed by atoms with van der Waals surface area (Å²) in [7, 11) is 0. The van der Waals surface area contributed by atoms with Gasteiger partial charge >= 0.3 is 12.1 Å². The van der Waals surface area contributed by atoms with Crippen LogP contribution in [0.1, 0.15) is 94.1 Å². The van der Waals surface area contributed by atoms with Crippen molar-refractivity contribution in [2.45, 2.75) is 91.2 Å². The van der Waals surface area contributed by atoms with Gasteiger partial charge in [0.25, 0.3) is 0 Å². The van der Waals surface area contributed by atoms with Crippen LogP contribution in [0.5, 0.6) is 0 Å². The number of hydrogen-bond acceptors (Lipinski definition) is 6. The quantitative estimate of drug-likeness (QED) is 0.473. The van der Waals surface area contributed by atoms with Gasteiger partial charge in [-0.25, -0.2) is 9.59 Å². The fourth-order valence-electron chi connectivity index (χ4n) is 5.69. The highest BCUT2D eigenvalue weighted by atomic mass is 32.1. The maximum absolute atomic E-state index is 14.1. The molecule has 0 spiro atoms. The highest BCUT2D eigenvalue weighted by Gasteiger charge is 2.39. The van der Waals surface area contributed by atoms with E-state index in [-0.39, 0.29) is 34.3 Å². The van der Waals surface area contributed by atoms with E-state index in [9.17, 15) is 19.5 Å². The molecule has 2 saturated heterocycles. The predicted octanol–water partition coefficient (Wildman–Crippen LogP) is 5.36. The molecule has 0 aromatic carbocycles. The summed E-state index contributed by atoms with van der Waals surface area (Å²) >= 11 is 1.13. The molecule has 1 aromatic rings. The molecule has 9 heteroatoms. The first kappa shape index (κ1) is 29.4. The Bertz CT molecular complexity index is 1120. The summed E-state index contributed by atoms with van der Waals surface area (Å²) < 4.78 is 5.83. The van der Waals surface area contributed by atoms with Gasteiger partial charge in [-0.2, -0.15) is 0 Å². The van der Waals surface area contributed by atoms with E-state index in [0.717, 1.165) is 50.0 Å². The number of likely N-dealkylation sites (tertiary alicyclic amines) is 1. The molecule has 39 heavy (non-hydrogen) atoms. The third-order valence-corrected chi connectivity index (χ3v) is 9.11. The number of nitrogens with one attached hydrogen (secondary N) is 1. The number of carboxylic acid groups (broad SMARTS) is 1. The Kier molecular flexibility index (Phi) is 8.97. The van der Waals surface area contributed by atoms with Crippen LogP contribution in [0, 0.1) is 29.1 Å². The second-order valence-corrected chi connectivity index (χ2v) is 13.8. The number of carbonyl (C=O) groups excluding carboxylic acids is 2. The van der Waals surface area contributed by atoms with Crippen LogP contribution in [0.25, 0.3) is 0 Å². The number of piperidine rings is 1. The Hall–Kier alpha value is -2.57. The van der Waals surface area contributed by atoms with Crippen LogP contribution in [-0.4, -0.2) is 65.8 Å². The van der Waals surface area contributed by atoms with Gasteiger partial charge in [-0.3, -0.25) is 4.79 Å². The van der Waals surface area contributed by atoms with E-state index in [1.165, 1.54) is 0 Å². The lowest BCUT2D eigenvalue weighted by Gasteiger charge is -2.41. The van der Waals surface area contributed by atoms with E-state index in [4.69, 9.17) is 4.74 Å². The van der Waals surface area contributed by atoms with Crippen molar-refractivity contribution in [2.75, 3.05) is 31.1 Å². The summed E-state index contributed by atoms with van der Waals surface area (Å²) in [6.45, 7) is 12.6. The van der Waals surface area contributed by atoms with Gasteiger partial charge < -0.3 is 25.0 Å². The van der Waals surface area contributed by atoms with Crippen LogP contribution in [-0.2, 0) is 9.53 Å². The van der Waals surface area contributed by atoms with Crippen molar-refractivity contribution in [1.82, 2.24) is 10.2 Å². The summed E-state index contributed by atoms with van der Waals surface area (Å²) in [6, 6.07) is 1.59. The number of aromatic carboxylic acids is 1. The van der Waals surface area contributed by atoms with Crippen molar-refractivity contribution >= 4 is 35.0 Å². The molecule has 4 rings (SSSR count). The molecular formula is C30H43N3O5S. The molecule has 3 fully saturated rings. The normalized spacial score (nSPS) is 26.0. The van der Waals surface area contributed by atoms with Gasteiger partial charge in [-0.1, -0.05) is 18.8 Å². The molecule has 8 nitrogen and oxygen atoms in total. The van der Waals surface area contributed by atoms with Crippen LogP contribution in [0.2, 0.25) is 0 Å². The largest absolute Gasteiger partial charge is 0.477 e. The van der Waals surface area contributed by atoms with E-state index in [2.05, 4.69) is 24.1 Å². The number of hydrogen-bond donors (Lipinski definition) is 2. The number of ether oxygens (including phenoxy) is 1. The minimum atomic E-state index is -1.05. The Labute approximate surface area is 236 Å². The number of carboxylic acids is 1. The zero-order valence-corrected chi connectivity index (χ0v) is 24.8. The molecule has 2 N–H and O–H groups in total. The first-order valence-electron chi connectivity index (χ1n) is 14.3. The summed E-state index contributed by atoms with van der Waals surface area (Å²) in [6.07, 6.45) is 5.23. The van der Waals surface area contributed by atoms with Gasteiger partial charge in [-0.05, 0) is 84.7 Å². The van der Waals surface area contributed by atoms with Crippen molar-refractivity contribution in [2.24, 2.45) is 17.3 Å². The topological polar surface area (TPSA) is 99.2 Å². The third kappa shape index (κ3) is 7.34. The number of rotatable bonds is 5. The van der Waals surface area contributed by atoms with Crippen molar-refractivity contribution in [3.63, 3.8) is 0 Å². The highest BCUT2D eigenvalue weighted by molar-refractivity contribution is 7.15. The summed E-state index contributed by atoms with van der Waals surface area (Å²) in [5.41, 5.74) is -0.277. The van der Waals surface area contributed by atoms with Crippen molar-refractivity contribution in [1.29, 1.82) is 0 Å². The van der Waals surface area contributed by atoms with Gasteiger partial charge in [0.15, 0.2) is 0 Å². The first-order chi connectivity index (χ1) is 18.3. The molecule has 1 atom stereocenters. The maximum atomic E-state index is 14.1. The third-order valence-electron chi connectivity index (χ3n) is 8.08. The minimum absolute atomic E-state index is 0.00287. The number of carbonyl (C=O) groups is 3. The van der Waals surface area contributed by atoms with Crippen molar-refractivity contribution in [3.05, 3.63) is 15.8 Å². The Morgan fingerprint density at radius 2 is 1.82 bits per heavy atom. The van der Waals surface area contributed by atoms with E-state index >= 15 is 0 Å². The molecule has 1 saturated carbocycles. The van der Waals surface area contributed by atoms with E-state index in [1.807, 2.05) is 27.7 Å². The molecule has 0 bridgehead atoms. The first-order valence-corrected chi connectivity index (χ1v) is 15.1. The summed E-state index contributed by atoms with van der Waals surface area (Å²) in [5.74, 6) is 5.76. The van der Waals surface area contributed by atoms with Crippen LogP contribution >= 0.6 is 11.3 Å². The number of thiophene rings is 1. The van der Waals surface area contributed by atoms with Crippen LogP contribution < -0.4 is 10.2 Å². The lowest BCUT2D eigenvalue weighted by Crippen LogP contribution is -2.52. The highest BCUT2D eigenvalue weighted by Crippen LogP contribution is 2.38. The fraction of sp³-hybridized carbons (Fsp3) is 0.700. The number of amides is 2. The van der Waals surface area contributed by atoms with Gasteiger partial charge in [0.1, 0.15) is 10.5 Å². The average Bonchev–Trinajstić information content (AvgIpc) is 3.50. The SMILES string of the molecule is CC(C)(C)C#Cc1cc(N(C(=O)[C@H]2CC[C@H](C)CC2)C2CCN(C(=O)OC3(C)CCNC3)CC2)c(C(=O)O)s1. The Balaban J connectivity index is 1.58. The monoisotopic (exact) mass is 557 g/mol. The summed E-state index contributed by atoms with van der Waals surface area (Å²) in [4.78, 5) is 43.6. The fourth-order valence-corrected chi connectivity index (χ4v) is 6.53. The van der Waals surface area contributed by atoms with Gasteiger partial charge in [0.2, 0.25) is 5.91 Å². The van der Waals surface area contributed by atoms with E-state index < -0.39 is 11.6 Å². The number of nitrogens with zero attached hydrogens (tertiary/aromatic N) is 2. The van der Waals surface area contributed by atoms with Gasteiger partial charge in [-0.15, -0.1) is 11.3 Å².